The number of nitrogens with zero attached hydrogens (tertiary/aromatic N) is 5. The number of hydrogen-bond donors (Lipinski definition) is 1. The Morgan fingerprint density at radius 3 is 2.88 bits per heavy atom. The van der Waals surface area contributed by atoms with Crippen molar-refractivity contribution in [2.24, 2.45) is 0 Å². The zero-order valence-electron chi connectivity index (χ0n) is 14.4. The number of likely N-dealkylation sites (tertiary alicyclic amines) is 1. The molecular formula is C17H23FN6O. The van der Waals surface area contributed by atoms with Crippen molar-refractivity contribution in [1.29, 1.82) is 5.26 Å². The molecule has 0 saturated carbocycles. The van der Waals surface area contributed by atoms with Gasteiger partial charge in [0, 0.05) is 37.4 Å². The Bertz CT molecular complexity index is 640. The summed E-state index contributed by atoms with van der Waals surface area (Å²) < 4.78 is 13.5. The Hall–Kier alpha value is -2.27. The number of carbonyl (C=O) groups excluding carboxylic acids is 1. The monoisotopic (exact) mass is 346 g/mol. The van der Waals surface area contributed by atoms with Gasteiger partial charge in [0.05, 0.1) is 25.4 Å². The molecule has 1 aromatic rings. The number of amides is 1. The van der Waals surface area contributed by atoms with E-state index < -0.39 is 12.2 Å². The van der Waals surface area contributed by atoms with Crippen LogP contribution in [0.25, 0.3) is 0 Å². The number of nitrogens with one attached hydrogen (secondary N) is 1. The summed E-state index contributed by atoms with van der Waals surface area (Å²) >= 11 is 0. The summed E-state index contributed by atoms with van der Waals surface area (Å²) in [7, 11) is 0. The molecule has 3 rings (SSSR count). The minimum absolute atomic E-state index is 0.0237. The highest BCUT2D eigenvalue weighted by molar-refractivity contribution is 5.79. The van der Waals surface area contributed by atoms with Gasteiger partial charge in [0.25, 0.3) is 0 Å². The third kappa shape index (κ3) is 4.04. The van der Waals surface area contributed by atoms with Crippen molar-refractivity contribution in [2.75, 3.05) is 31.1 Å². The van der Waals surface area contributed by atoms with Gasteiger partial charge in [-0.15, -0.1) is 0 Å². The van der Waals surface area contributed by atoms with Gasteiger partial charge in [0.2, 0.25) is 5.91 Å². The zero-order chi connectivity index (χ0) is 17.9. The number of piperidine rings is 1. The molecule has 0 aliphatic carbocycles. The molecule has 134 valence electrons. The molecule has 1 aromatic heterocycles. The van der Waals surface area contributed by atoms with Crippen LogP contribution in [0.1, 0.15) is 26.2 Å². The van der Waals surface area contributed by atoms with Gasteiger partial charge in [-0.05, 0) is 19.8 Å². The van der Waals surface area contributed by atoms with Gasteiger partial charge in [0.1, 0.15) is 18.0 Å². The van der Waals surface area contributed by atoms with Crippen LogP contribution in [0.2, 0.25) is 0 Å². The van der Waals surface area contributed by atoms with Crippen LogP contribution >= 0.6 is 0 Å². The highest BCUT2D eigenvalue weighted by atomic mass is 19.1. The summed E-state index contributed by atoms with van der Waals surface area (Å²) in [5.41, 5.74) is -0.161. The van der Waals surface area contributed by atoms with E-state index in [0.717, 1.165) is 31.7 Å². The van der Waals surface area contributed by atoms with Crippen molar-refractivity contribution in [1.82, 2.24) is 20.2 Å². The van der Waals surface area contributed by atoms with Crippen LogP contribution in [0.3, 0.4) is 0 Å². The minimum atomic E-state index is -1.10. The zero-order valence-corrected chi connectivity index (χ0v) is 14.4. The predicted molar refractivity (Wildman–Crippen MR) is 90.5 cm³/mol. The van der Waals surface area contributed by atoms with Crippen molar-refractivity contribution in [3.8, 4) is 6.07 Å². The fourth-order valence-electron chi connectivity index (χ4n) is 3.43. The first-order chi connectivity index (χ1) is 12.0. The summed E-state index contributed by atoms with van der Waals surface area (Å²) in [5.74, 6) is 0.660. The van der Waals surface area contributed by atoms with Crippen molar-refractivity contribution < 1.29 is 9.18 Å². The normalized spacial score (nSPS) is 25.6. The Labute approximate surface area is 146 Å². The number of rotatable bonds is 4. The summed E-state index contributed by atoms with van der Waals surface area (Å²) in [5, 5.41) is 12.4. The maximum Gasteiger partial charge on any atom is 0.237 e. The number of hydrogen-bond acceptors (Lipinski definition) is 6. The lowest BCUT2D eigenvalue weighted by atomic mass is 9.89. The molecule has 1 amide bonds. The van der Waals surface area contributed by atoms with Crippen molar-refractivity contribution >= 4 is 11.7 Å². The quantitative estimate of drug-likeness (QED) is 0.871. The molecule has 0 bridgehead atoms. The molecule has 0 radical (unpaired) electrons. The van der Waals surface area contributed by atoms with E-state index in [1.54, 1.807) is 18.6 Å². The molecule has 1 N–H and O–H groups in total. The Morgan fingerprint density at radius 2 is 2.24 bits per heavy atom. The lowest BCUT2D eigenvalue weighted by Crippen LogP contribution is -2.54. The van der Waals surface area contributed by atoms with E-state index in [1.807, 2.05) is 6.07 Å². The second-order valence-electron chi connectivity index (χ2n) is 6.99. The van der Waals surface area contributed by atoms with E-state index >= 15 is 0 Å². The number of alkyl halides is 1. The standard InChI is InChI=1S/C17H23FN6O/c1-17(2-6-23(7-3-17)15-10-20-4-5-21-15)22-11-16(25)24-12-13(18)8-14(24)9-19/h4-5,10,13-14,22H,2-3,6-8,11-12H2,1H3/t13-,14-/m0/s1. The van der Waals surface area contributed by atoms with E-state index in [1.165, 1.54) is 4.90 Å². The van der Waals surface area contributed by atoms with Crippen LogP contribution < -0.4 is 10.2 Å². The fourth-order valence-corrected chi connectivity index (χ4v) is 3.43. The molecule has 2 saturated heterocycles. The molecule has 0 unspecified atom stereocenters. The van der Waals surface area contributed by atoms with E-state index in [0.29, 0.717) is 0 Å². The van der Waals surface area contributed by atoms with E-state index in [4.69, 9.17) is 5.26 Å². The highest BCUT2D eigenvalue weighted by Gasteiger charge is 2.36. The third-order valence-corrected chi connectivity index (χ3v) is 5.13. The van der Waals surface area contributed by atoms with Crippen molar-refractivity contribution in [3.63, 3.8) is 0 Å². The van der Waals surface area contributed by atoms with E-state index in [-0.39, 0.29) is 31.0 Å². The van der Waals surface area contributed by atoms with Crippen LogP contribution in [0.4, 0.5) is 10.2 Å². The molecule has 2 fully saturated rings. The molecular weight excluding hydrogens is 323 g/mol. The van der Waals surface area contributed by atoms with Gasteiger partial charge in [-0.1, -0.05) is 0 Å². The second-order valence-corrected chi connectivity index (χ2v) is 6.99. The first-order valence-electron chi connectivity index (χ1n) is 8.60. The summed E-state index contributed by atoms with van der Waals surface area (Å²) in [6.45, 7) is 3.90. The lowest BCUT2D eigenvalue weighted by molar-refractivity contribution is -0.130. The van der Waals surface area contributed by atoms with Crippen molar-refractivity contribution in [3.05, 3.63) is 18.6 Å². The number of halogens is 1. The van der Waals surface area contributed by atoms with Gasteiger partial charge in [-0.2, -0.15) is 5.26 Å². The third-order valence-electron chi connectivity index (χ3n) is 5.13. The molecule has 8 heteroatoms. The SMILES string of the molecule is CC1(NCC(=O)N2C[C@@H](F)C[C@H]2C#N)CCN(c2cnccn2)CC1. The van der Waals surface area contributed by atoms with Crippen LogP contribution in [-0.2, 0) is 4.79 Å². The fraction of sp³-hybridized carbons (Fsp3) is 0.647. The molecule has 2 aliphatic rings. The number of aromatic nitrogens is 2. The Kier molecular flexibility index (Phi) is 5.13. The van der Waals surface area contributed by atoms with Crippen LogP contribution in [0.15, 0.2) is 18.6 Å². The maximum atomic E-state index is 13.5. The van der Waals surface area contributed by atoms with Crippen LogP contribution in [0.5, 0.6) is 0 Å². The van der Waals surface area contributed by atoms with E-state index in [2.05, 4.69) is 27.1 Å². The number of nitriles is 1. The molecule has 3 heterocycles. The lowest BCUT2D eigenvalue weighted by Gasteiger charge is -2.40. The van der Waals surface area contributed by atoms with Crippen molar-refractivity contribution in [2.45, 2.75) is 43.9 Å². The molecule has 25 heavy (non-hydrogen) atoms. The molecule has 2 aliphatic heterocycles. The van der Waals surface area contributed by atoms with Gasteiger partial charge in [0.15, 0.2) is 0 Å². The summed E-state index contributed by atoms with van der Waals surface area (Å²) in [6, 6.07) is 1.37. The molecule has 2 atom stereocenters. The topological polar surface area (TPSA) is 85.2 Å². The first-order valence-corrected chi connectivity index (χ1v) is 8.60. The van der Waals surface area contributed by atoms with Crippen LogP contribution in [0, 0.1) is 11.3 Å². The first kappa shape index (κ1) is 17.5. The van der Waals surface area contributed by atoms with E-state index in [9.17, 15) is 9.18 Å². The molecule has 7 nitrogen and oxygen atoms in total. The average Bonchev–Trinajstić information content (AvgIpc) is 3.02. The van der Waals surface area contributed by atoms with Gasteiger partial charge in [-0.25, -0.2) is 9.37 Å². The smallest absolute Gasteiger partial charge is 0.237 e. The largest absolute Gasteiger partial charge is 0.355 e. The average molecular weight is 346 g/mol. The Balaban J connectivity index is 1.50. The highest BCUT2D eigenvalue weighted by Crippen LogP contribution is 2.25. The van der Waals surface area contributed by atoms with Gasteiger partial charge in [-0.3, -0.25) is 9.78 Å². The molecule has 0 spiro atoms. The minimum Gasteiger partial charge on any atom is -0.355 e. The predicted octanol–water partition coefficient (Wildman–Crippen LogP) is 0.888. The number of carbonyl (C=O) groups is 1. The van der Waals surface area contributed by atoms with Gasteiger partial charge >= 0.3 is 0 Å². The second kappa shape index (κ2) is 7.31. The van der Waals surface area contributed by atoms with Crippen LogP contribution in [-0.4, -0.2) is 64.7 Å². The molecule has 0 aromatic carbocycles. The Morgan fingerprint density at radius 1 is 1.48 bits per heavy atom. The summed E-state index contributed by atoms with van der Waals surface area (Å²) in [6.07, 6.45) is 5.84. The number of anilines is 1. The summed E-state index contributed by atoms with van der Waals surface area (Å²) in [4.78, 5) is 24.3. The maximum absolute atomic E-state index is 13.5. The van der Waals surface area contributed by atoms with Gasteiger partial charge < -0.3 is 15.1 Å².